The molecule has 0 spiro atoms. The zero-order valence-electron chi connectivity index (χ0n) is 11.9. The molecule has 1 unspecified atom stereocenters. The number of hydrogen-bond acceptors (Lipinski definition) is 3. The third kappa shape index (κ3) is 2.83. The summed E-state index contributed by atoms with van der Waals surface area (Å²) in [7, 11) is 2.24. The highest BCUT2D eigenvalue weighted by molar-refractivity contribution is 4.89. The first-order valence-corrected chi connectivity index (χ1v) is 7.35. The van der Waals surface area contributed by atoms with E-state index in [1.807, 2.05) is 0 Å². The van der Waals surface area contributed by atoms with E-state index < -0.39 is 0 Å². The van der Waals surface area contributed by atoms with E-state index in [1.54, 1.807) is 0 Å². The Kier molecular flexibility index (Phi) is 4.45. The molecule has 0 aliphatic carbocycles. The summed E-state index contributed by atoms with van der Waals surface area (Å²) in [6.07, 6.45) is 5.46. The summed E-state index contributed by atoms with van der Waals surface area (Å²) in [5.41, 5.74) is 0.307. The zero-order valence-corrected chi connectivity index (χ0v) is 11.9. The second-order valence-electron chi connectivity index (χ2n) is 5.91. The van der Waals surface area contributed by atoms with Gasteiger partial charge in [0.2, 0.25) is 0 Å². The number of piperazine rings is 1. The normalized spacial score (nSPS) is 29.1. The van der Waals surface area contributed by atoms with Gasteiger partial charge in [0.15, 0.2) is 0 Å². The Morgan fingerprint density at radius 3 is 1.88 bits per heavy atom. The Morgan fingerprint density at radius 2 is 1.35 bits per heavy atom. The average Bonchev–Trinajstić information content (AvgIpc) is 2.40. The Labute approximate surface area is 107 Å². The first-order chi connectivity index (χ1) is 8.16. The van der Waals surface area contributed by atoms with Crippen LogP contribution >= 0.6 is 0 Å². The number of rotatable bonds is 3. The lowest BCUT2D eigenvalue weighted by Gasteiger charge is -2.52. The van der Waals surface area contributed by atoms with Crippen molar-refractivity contribution < 1.29 is 0 Å². The molecule has 3 nitrogen and oxygen atoms in total. The molecule has 2 saturated heterocycles. The molecule has 0 bridgehead atoms. The first-order valence-electron chi connectivity index (χ1n) is 7.35. The number of hydrogen-bond donors (Lipinski definition) is 0. The van der Waals surface area contributed by atoms with E-state index in [9.17, 15) is 0 Å². The molecule has 17 heavy (non-hydrogen) atoms. The van der Waals surface area contributed by atoms with Gasteiger partial charge in [0.25, 0.3) is 0 Å². The Morgan fingerprint density at radius 1 is 0.824 bits per heavy atom. The van der Waals surface area contributed by atoms with Gasteiger partial charge >= 0.3 is 0 Å². The lowest BCUT2D eigenvalue weighted by atomic mass is 9.99. The summed E-state index contributed by atoms with van der Waals surface area (Å²) in [4.78, 5) is 7.91. The van der Waals surface area contributed by atoms with Gasteiger partial charge in [-0.1, -0.05) is 13.3 Å². The summed E-state index contributed by atoms with van der Waals surface area (Å²) in [5.74, 6) is 0. The van der Waals surface area contributed by atoms with Gasteiger partial charge in [0, 0.05) is 26.2 Å². The van der Waals surface area contributed by atoms with Crippen LogP contribution in [0.1, 0.15) is 39.5 Å². The van der Waals surface area contributed by atoms with Gasteiger partial charge in [-0.2, -0.15) is 0 Å². The monoisotopic (exact) mass is 239 g/mol. The van der Waals surface area contributed by atoms with E-state index in [-0.39, 0.29) is 0 Å². The standard InChI is InChI=1S/C14H29N3/c1-4-14(2,16-8-6-5-7-9-16)17-12-10-15(3)11-13-17/h4-13H2,1-3H3. The van der Waals surface area contributed by atoms with Crippen molar-refractivity contribution in [1.29, 1.82) is 0 Å². The number of nitrogens with zero attached hydrogens (tertiary/aromatic N) is 3. The minimum Gasteiger partial charge on any atom is -0.304 e. The van der Waals surface area contributed by atoms with Crippen molar-refractivity contribution in [2.75, 3.05) is 46.3 Å². The maximum Gasteiger partial charge on any atom is 0.0706 e. The third-order valence-electron chi connectivity index (χ3n) is 4.89. The topological polar surface area (TPSA) is 9.72 Å². The van der Waals surface area contributed by atoms with E-state index in [4.69, 9.17) is 0 Å². The van der Waals surface area contributed by atoms with Crippen LogP contribution in [0.5, 0.6) is 0 Å². The highest BCUT2D eigenvalue weighted by Gasteiger charge is 2.37. The van der Waals surface area contributed by atoms with Crippen molar-refractivity contribution in [3.05, 3.63) is 0 Å². The van der Waals surface area contributed by atoms with E-state index in [1.165, 1.54) is 65.0 Å². The molecule has 2 rings (SSSR count). The lowest BCUT2D eigenvalue weighted by Crippen LogP contribution is -2.63. The van der Waals surface area contributed by atoms with Gasteiger partial charge in [-0.25, -0.2) is 0 Å². The number of likely N-dealkylation sites (N-methyl/N-ethyl adjacent to an activating group) is 1. The smallest absolute Gasteiger partial charge is 0.0706 e. The molecular weight excluding hydrogens is 210 g/mol. The maximum absolute atomic E-state index is 2.74. The summed E-state index contributed by atoms with van der Waals surface area (Å²) in [6, 6.07) is 0. The molecular formula is C14H29N3. The highest BCUT2D eigenvalue weighted by atomic mass is 15.4. The summed E-state index contributed by atoms with van der Waals surface area (Å²) in [5, 5.41) is 0. The van der Waals surface area contributed by atoms with Crippen molar-refractivity contribution in [1.82, 2.24) is 14.7 Å². The molecule has 100 valence electrons. The van der Waals surface area contributed by atoms with Crippen molar-refractivity contribution in [2.24, 2.45) is 0 Å². The van der Waals surface area contributed by atoms with Crippen molar-refractivity contribution in [3.63, 3.8) is 0 Å². The van der Waals surface area contributed by atoms with Crippen LogP contribution in [0.25, 0.3) is 0 Å². The fourth-order valence-electron chi connectivity index (χ4n) is 3.31. The molecule has 0 aromatic rings. The van der Waals surface area contributed by atoms with Gasteiger partial charge < -0.3 is 4.90 Å². The molecule has 2 heterocycles. The number of likely N-dealkylation sites (tertiary alicyclic amines) is 1. The van der Waals surface area contributed by atoms with Crippen molar-refractivity contribution in [2.45, 2.75) is 45.2 Å². The van der Waals surface area contributed by atoms with Gasteiger partial charge in [-0.3, -0.25) is 9.80 Å². The Balaban J connectivity index is 2.01. The average molecular weight is 239 g/mol. The molecule has 0 radical (unpaired) electrons. The van der Waals surface area contributed by atoms with Gasteiger partial charge in [-0.05, 0) is 46.3 Å². The minimum atomic E-state index is 0.307. The molecule has 0 saturated carbocycles. The van der Waals surface area contributed by atoms with E-state index >= 15 is 0 Å². The van der Waals surface area contributed by atoms with Crippen molar-refractivity contribution >= 4 is 0 Å². The zero-order chi connectivity index (χ0) is 12.3. The van der Waals surface area contributed by atoms with E-state index in [2.05, 4.69) is 35.6 Å². The van der Waals surface area contributed by atoms with Crippen molar-refractivity contribution in [3.8, 4) is 0 Å². The Hall–Kier alpha value is -0.120. The molecule has 0 aromatic heterocycles. The van der Waals surface area contributed by atoms with Crippen LogP contribution in [0, 0.1) is 0 Å². The molecule has 3 heteroatoms. The van der Waals surface area contributed by atoms with Crippen LogP contribution in [0.3, 0.4) is 0 Å². The van der Waals surface area contributed by atoms with Crippen LogP contribution in [0.4, 0.5) is 0 Å². The molecule has 2 fully saturated rings. The van der Waals surface area contributed by atoms with Gasteiger partial charge in [-0.15, -0.1) is 0 Å². The molecule has 1 atom stereocenters. The predicted octanol–water partition coefficient (Wildman–Crippen LogP) is 1.85. The SMILES string of the molecule is CCC(C)(N1CCCCC1)N1CCN(C)CC1. The van der Waals surface area contributed by atoms with Crippen LogP contribution in [0.2, 0.25) is 0 Å². The summed E-state index contributed by atoms with van der Waals surface area (Å²) in [6.45, 7) is 12.3. The maximum atomic E-state index is 2.74. The fourth-order valence-corrected chi connectivity index (χ4v) is 3.31. The van der Waals surface area contributed by atoms with Gasteiger partial charge in [0.05, 0.1) is 5.66 Å². The fraction of sp³-hybridized carbons (Fsp3) is 1.00. The van der Waals surface area contributed by atoms with E-state index in [0.29, 0.717) is 5.66 Å². The Bertz CT molecular complexity index is 230. The van der Waals surface area contributed by atoms with Crippen LogP contribution in [0.15, 0.2) is 0 Å². The second-order valence-corrected chi connectivity index (χ2v) is 5.91. The van der Waals surface area contributed by atoms with Crippen LogP contribution in [-0.2, 0) is 0 Å². The summed E-state index contributed by atoms with van der Waals surface area (Å²) < 4.78 is 0. The lowest BCUT2D eigenvalue weighted by molar-refractivity contribution is -0.0754. The summed E-state index contributed by atoms with van der Waals surface area (Å²) >= 11 is 0. The minimum absolute atomic E-state index is 0.307. The third-order valence-corrected chi connectivity index (χ3v) is 4.89. The van der Waals surface area contributed by atoms with E-state index in [0.717, 1.165) is 0 Å². The highest BCUT2D eigenvalue weighted by Crippen LogP contribution is 2.28. The van der Waals surface area contributed by atoms with Crippen LogP contribution in [-0.4, -0.2) is 66.7 Å². The van der Waals surface area contributed by atoms with Crippen LogP contribution < -0.4 is 0 Å². The molecule has 2 aliphatic rings. The molecule has 0 amide bonds. The molecule has 0 aromatic carbocycles. The second kappa shape index (κ2) is 5.68. The molecule has 0 N–H and O–H groups in total. The van der Waals surface area contributed by atoms with Gasteiger partial charge in [0.1, 0.15) is 0 Å². The quantitative estimate of drug-likeness (QED) is 0.744. The number of piperidine rings is 1. The molecule has 2 aliphatic heterocycles. The predicted molar refractivity (Wildman–Crippen MR) is 73.2 cm³/mol. The largest absolute Gasteiger partial charge is 0.304 e. The first kappa shape index (κ1) is 13.3.